The molecule has 1 aromatic heterocycles. The standard InChI is InChI=1S/C32H29NSi/c1-34(2,3)31-8-6-7-30(23-31)28-16-14-26(15-17-28)24-10-12-25(13-11-24)27-18-20-29(21-19-27)32-9-4-5-22-33-32/h4-23H,1-3H3. The first-order valence-electron chi connectivity index (χ1n) is 11.8. The zero-order chi connectivity index (χ0) is 23.5. The van der Waals surface area contributed by atoms with Crippen molar-refractivity contribution in [3.05, 3.63) is 121 Å². The summed E-state index contributed by atoms with van der Waals surface area (Å²) in [6.07, 6.45) is 1.83. The van der Waals surface area contributed by atoms with Gasteiger partial charge in [-0.25, -0.2) is 0 Å². The molecule has 0 radical (unpaired) electrons. The summed E-state index contributed by atoms with van der Waals surface area (Å²) >= 11 is 0. The number of pyridine rings is 1. The van der Waals surface area contributed by atoms with E-state index in [1.807, 2.05) is 24.4 Å². The van der Waals surface area contributed by atoms with E-state index in [-0.39, 0.29) is 0 Å². The number of benzene rings is 4. The van der Waals surface area contributed by atoms with Crippen LogP contribution in [-0.2, 0) is 0 Å². The van der Waals surface area contributed by atoms with Crippen LogP contribution in [0.3, 0.4) is 0 Å². The van der Waals surface area contributed by atoms with Gasteiger partial charge in [0.15, 0.2) is 0 Å². The van der Waals surface area contributed by atoms with E-state index in [4.69, 9.17) is 0 Å². The van der Waals surface area contributed by atoms with Crippen molar-refractivity contribution in [2.45, 2.75) is 19.6 Å². The monoisotopic (exact) mass is 455 g/mol. The fourth-order valence-electron chi connectivity index (χ4n) is 4.24. The molecule has 0 atom stereocenters. The van der Waals surface area contributed by atoms with Gasteiger partial charge >= 0.3 is 0 Å². The van der Waals surface area contributed by atoms with Gasteiger partial charge in [0.05, 0.1) is 13.8 Å². The molecule has 1 nitrogen and oxygen atoms in total. The van der Waals surface area contributed by atoms with Crippen LogP contribution in [0.5, 0.6) is 0 Å². The molecule has 0 saturated heterocycles. The van der Waals surface area contributed by atoms with Gasteiger partial charge in [0, 0.05) is 11.8 Å². The molecular weight excluding hydrogens is 426 g/mol. The van der Waals surface area contributed by atoms with E-state index in [1.54, 1.807) is 0 Å². The average molecular weight is 456 g/mol. The van der Waals surface area contributed by atoms with Crippen LogP contribution in [0, 0.1) is 0 Å². The maximum Gasteiger partial charge on any atom is 0.0776 e. The maximum absolute atomic E-state index is 4.44. The van der Waals surface area contributed by atoms with E-state index >= 15 is 0 Å². The van der Waals surface area contributed by atoms with Crippen molar-refractivity contribution < 1.29 is 0 Å². The van der Waals surface area contributed by atoms with Crippen molar-refractivity contribution in [1.82, 2.24) is 4.98 Å². The minimum absolute atomic E-state index is 1.00. The molecule has 5 aromatic rings. The van der Waals surface area contributed by atoms with Crippen LogP contribution >= 0.6 is 0 Å². The van der Waals surface area contributed by atoms with E-state index in [2.05, 4.69) is 122 Å². The number of hydrogen-bond donors (Lipinski definition) is 0. The predicted molar refractivity (Wildman–Crippen MR) is 149 cm³/mol. The largest absolute Gasteiger partial charge is 0.256 e. The summed E-state index contributed by atoms with van der Waals surface area (Å²) in [6, 6.07) is 41.4. The number of aromatic nitrogens is 1. The lowest BCUT2D eigenvalue weighted by Crippen LogP contribution is -2.37. The Morgan fingerprint density at radius 3 is 1.35 bits per heavy atom. The summed E-state index contributed by atoms with van der Waals surface area (Å²) in [5.74, 6) is 0. The Morgan fingerprint density at radius 1 is 0.441 bits per heavy atom. The lowest BCUT2D eigenvalue weighted by atomic mass is 9.97. The van der Waals surface area contributed by atoms with Gasteiger partial charge in [-0.05, 0) is 45.5 Å². The number of rotatable bonds is 5. The first-order chi connectivity index (χ1) is 16.5. The summed E-state index contributed by atoms with van der Waals surface area (Å²) in [5.41, 5.74) is 9.61. The normalized spacial score (nSPS) is 11.4. The van der Waals surface area contributed by atoms with Crippen LogP contribution in [0.4, 0.5) is 0 Å². The Labute approximate surface area is 203 Å². The highest BCUT2D eigenvalue weighted by atomic mass is 28.3. The molecule has 0 N–H and O–H groups in total. The van der Waals surface area contributed by atoms with E-state index in [9.17, 15) is 0 Å². The van der Waals surface area contributed by atoms with Crippen LogP contribution in [-0.4, -0.2) is 13.1 Å². The van der Waals surface area contributed by atoms with Crippen molar-refractivity contribution in [2.24, 2.45) is 0 Å². The van der Waals surface area contributed by atoms with Crippen LogP contribution in [0.2, 0.25) is 19.6 Å². The minimum atomic E-state index is -1.32. The average Bonchev–Trinajstić information content (AvgIpc) is 2.89. The highest BCUT2D eigenvalue weighted by Gasteiger charge is 2.16. The summed E-state index contributed by atoms with van der Waals surface area (Å²) in [6.45, 7) is 7.19. The third-order valence-corrected chi connectivity index (χ3v) is 8.39. The van der Waals surface area contributed by atoms with Gasteiger partial charge in [0.2, 0.25) is 0 Å². The summed E-state index contributed by atoms with van der Waals surface area (Å²) in [7, 11) is -1.32. The molecule has 34 heavy (non-hydrogen) atoms. The molecule has 0 spiro atoms. The maximum atomic E-state index is 4.44. The Hall–Kier alpha value is -3.75. The molecule has 0 bridgehead atoms. The molecule has 0 aliphatic heterocycles. The van der Waals surface area contributed by atoms with Crippen LogP contribution in [0.15, 0.2) is 121 Å². The van der Waals surface area contributed by atoms with Crippen molar-refractivity contribution in [1.29, 1.82) is 0 Å². The zero-order valence-electron chi connectivity index (χ0n) is 20.0. The first-order valence-corrected chi connectivity index (χ1v) is 15.3. The number of hydrogen-bond acceptors (Lipinski definition) is 1. The third-order valence-electron chi connectivity index (χ3n) is 6.34. The van der Waals surface area contributed by atoms with Crippen molar-refractivity contribution in [2.75, 3.05) is 0 Å². The zero-order valence-corrected chi connectivity index (χ0v) is 21.0. The van der Waals surface area contributed by atoms with Gasteiger partial charge in [-0.1, -0.05) is 128 Å². The second-order valence-corrected chi connectivity index (χ2v) is 14.9. The van der Waals surface area contributed by atoms with Crippen molar-refractivity contribution in [3.63, 3.8) is 0 Å². The molecule has 1 heterocycles. The summed E-state index contributed by atoms with van der Waals surface area (Å²) in [5, 5.41) is 1.50. The second-order valence-electron chi connectivity index (χ2n) is 9.78. The molecule has 166 valence electrons. The van der Waals surface area contributed by atoms with Crippen LogP contribution < -0.4 is 5.19 Å². The van der Waals surface area contributed by atoms with E-state index in [1.165, 1.54) is 38.6 Å². The molecule has 4 aromatic carbocycles. The second kappa shape index (κ2) is 9.24. The van der Waals surface area contributed by atoms with Gasteiger partial charge < -0.3 is 0 Å². The van der Waals surface area contributed by atoms with E-state index in [0.717, 1.165) is 11.3 Å². The van der Waals surface area contributed by atoms with Gasteiger partial charge in [-0.15, -0.1) is 0 Å². The lowest BCUT2D eigenvalue weighted by molar-refractivity contribution is 1.33. The summed E-state index contributed by atoms with van der Waals surface area (Å²) < 4.78 is 0. The van der Waals surface area contributed by atoms with Crippen molar-refractivity contribution >= 4 is 13.3 Å². The van der Waals surface area contributed by atoms with Gasteiger partial charge in [0.1, 0.15) is 0 Å². The molecule has 0 unspecified atom stereocenters. The topological polar surface area (TPSA) is 12.9 Å². The Morgan fingerprint density at radius 2 is 0.912 bits per heavy atom. The van der Waals surface area contributed by atoms with Gasteiger partial charge in [0.25, 0.3) is 0 Å². The summed E-state index contributed by atoms with van der Waals surface area (Å²) in [4.78, 5) is 4.44. The molecular formula is C32H29NSi. The first kappa shape index (κ1) is 22.1. The Balaban J connectivity index is 1.34. The van der Waals surface area contributed by atoms with Gasteiger partial charge in [-0.3, -0.25) is 4.98 Å². The fourth-order valence-corrected chi connectivity index (χ4v) is 5.43. The SMILES string of the molecule is C[Si](C)(C)c1cccc(-c2ccc(-c3ccc(-c4ccc(-c5ccccn5)cc4)cc3)cc2)c1. The van der Waals surface area contributed by atoms with E-state index in [0.29, 0.717) is 0 Å². The molecule has 0 fully saturated rings. The minimum Gasteiger partial charge on any atom is -0.256 e. The smallest absolute Gasteiger partial charge is 0.0776 e. The van der Waals surface area contributed by atoms with Crippen molar-refractivity contribution in [3.8, 4) is 44.6 Å². The highest BCUT2D eigenvalue weighted by Crippen LogP contribution is 2.28. The molecule has 0 aliphatic rings. The molecule has 0 amide bonds. The number of nitrogens with zero attached hydrogens (tertiary/aromatic N) is 1. The predicted octanol–water partition coefficient (Wildman–Crippen LogP) is 8.29. The molecule has 0 saturated carbocycles. The van der Waals surface area contributed by atoms with Crippen LogP contribution in [0.1, 0.15) is 0 Å². The molecule has 0 aliphatic carbocycles. The third kappa shape index (κ3) is 4.78. The quantitative estimate of drug-likeness (QED) is 0.243. The highest BCUT2D eigenvalue weighted by molar-refractivity contribution is 6.88. The van der Waals surface area contributed by atoms with Crippen LogP contribution in [0.25, 0.3) is 44.6 Å². The molecule has 2 heteroatoms. The lowest BCUT2D eigenvalue weighted by Gasteiger charge is -2.17. The van der Waals surface area contributed by atoms with E-state index < -0.39 is 8.07 Å². The Bertz CT molecular complexity index is 1380. The van der Waals surface area contributed by atoms with Gasteiger partial charge in [-0.2, -0.15) is 0 Å². The fraction of sp³-hybridized carbons (Fsp3) is 0.0938. The molecule has 5 rings (SSSR count). The Kier molecular flexibility index (Phi) is 6.00.